The minimum Gasteiger partial charge on any atom is -0.325 e. The summed E-state index contributed by atoms with van der Waals surface area (Å²) >= 11 is 7.77. The number of pyridine rings is 1. The average molecular weight is 498 g/mol. The number of rotatable bonds is 6. The first kappa shape index (κ1) is 24.5. The first-order valence-corrected chi connectivity index (χ1v) is 12.4. The van der Waals surface area contributed by atoms with Gasteiger partial charge in [0, 0.05) is 27.4 Å². The van der Waals surface area contributed by atoms with Crippen LogP contribution in [0, 0.1) is 25.2 Å². The lowest BCUT2D eigenvalue weighted by Gasteiger charge is -2.16. The standard InChI is InChI=1S/C29H24ClN3OS/c1-18-13-14-22(15-19(18)2)32-28(34)20(3)35-29-25(17-31)24(23-11-7-8-12-26(23)30)16-27(33-29)21-9-5-4-6-10-21/h4-16,20H,1-3H3,(H,32,34)/t20-/m1/s1. The van der Waals surface area contributed by atoms with Gasteiger partial charge in [-0.2, -0.15) is 5.26 Å². The van der Waals surface area contributed by atoms with E-state index < -0.39 is 5.25 Å². The molecule has 3 aromatic carbocycles. The zero-order chi connectivity index (χ0) is 24.9. The number of carbonyl (C=O) groups is 1. The highest BCUT2D eigenvalue weighted by atomic mass is 35.5. The number of amides is 1. The Morgan fingerprint density at radius 1 is 0.971 bits per heavy atom. The molecule has 0 fully saturated rings. The maximum absolute atomic E-state index is 13.0. The van der Waals surface area contributed by atoms with Crippen LogP contribution in [0.1, 0.15) is 23.6 Å². The van der Waals surface area contributed by atoms with Crippen LogP contribution in [0.3, 0.4) is 0 Å². The Balaban J connectivity index is 1.73. The van der Waals surface area contributed by atoms with Gasteiger partial charge in [0.25, 0.3) is 0 Å². The van der Waals surface area contributed by atoms with E-state index in [9.17, 15) is 10.1 Å². The second-order valence-electron chi connectivity index (χ2n) is 8.24. The number of hydrogen-bond acceptors (Lipinski definition) is 4. The molecule has 0 aliphatic carbocycles. The number of halogens is 1. The molecule has 1 N–H and O–H groups in total. The van der Waals surface area contributed by atoms with Crippen LogP contribution in [0.15, 0.2) is 83.9 Å². The zero-order valence-electron chi connectivity index (χ0n) is 19.7. The molecule has 0 radical (unpaired) electrons. The number of aromatic nitrogens is 1. The summed E-state index contributed by atoms with van der Waals surface area (Å²) in [5.41, 5.74) is 6.48. The van der Waals surface area contributed by atoms with Crippen molar-refractivity contribution in [1.82, 2.24) is 4.98 Å². The van der Waals surface area contributed by atoms with Gasteiger partial charge in [0.15, 0.2) is 0 Å². The predicted molar refractivity (Wildman–Crippen MR) is 145 cm³/mol. The zero-order valence-corrected chi connectivity index (χ0v) is 21.2. The van der Waals surface area contributed by atoms with Crippen LogP contribution in [0.5, 0.6) is 0 Å². The van der Waals surface area contributed by atoms with Gasteiger partial charge in [-0.05, 0) is 56.2 Å². The highest BCUT2D eigenvalue weighted by molar-refractivity contribution is 8.00. The molecule has 0 aliphatic heterocycles. The van der Waals surface area contributed by atoms with Crippen LogP contribution < -0.4 is 5.32 Å². The smallest absolute Gasteiger partial charge is 0.237 e. The molecule has 1 heterocycles. The van der Waals surface area contributed by atoms with E-state index in [1.807, 2.05) is 93.6 Å². The van der Waals surface area contributed by atoms with Crippen molar-refractivity contribution in [3.8, 4) is 28.5 Å². The minimum atomic E-state index is -0.485. The van der Waals surface area contributed by atoms with Gasteiger partial charge in [-0.1, -0.05) is 78.0 Å². The molecule has 35 heavy (non-hydrogen) atoms. The third kappa shape index (κ3) is 5.57. The van der Waals surface area contributed by atoms with Crippen molar-refractivity contribution in [3.63, 3.8) is 0 Å². The van der Waals surface area contributed by atoms with E-state index in [1.165, 1.54) is 11.8 Å². The van der Waals surface area contributed by atoms with Crippen molar-refractivity contribution in [2.75, 3.05) is 5.32 Å². The first-order valence-electron chi connectivity index (χ1n) is 11.2. The molecular weight excluding hydrogens is 474 g/mol. The Hall–Kier alpha value is -3.59. The Kier molecular flexibility index (Phi) is 7.55. The monoisotopic (exact) mass is 497 g/mol. The molecule has 4 aromatic rings. The van der Waals surface area contributed by atoms with E-state index >= 15 is 0 Å². The SMILES string of the molecule is Cc1ccc(NC(=O)[C@@H](C)Sc2nc(-c3ccccc3)cc(-c3ccccc3Cl)c2C#N)cc1C. The fraction of sp³-hybridized carbons (Fsp3) is 0.138. The average Bonchev–Trinajstić information content (AvgIpc) is 2.86. The topological polar surface area (TPSA) is 65.8 Å². The maximum atomic E-state index is 13.0. The lowest BCUT2D eigenvalue weighted by atomic mass is 9.99. The van der Waals surface area contributed by atoms with Crippen molar-refractivity contribution >= 4 is 35.0 Å². The molecule has 0 spiro atoms. The van der Waals surface area contributed by atoms with E-state index in [4.69, 9.17) is 16.6 Å². The molecule has 0 saturated heterocycles. The normalized spacial score (nSPS) is 11.5. The van der Waals surface area contributed by atoms with Gasteiger partial charge in [-0.25, -0.2) is 4.98 Å². The summed E-state index contributed by atoms with van der Waals surface area (Å²) in [6.07, 6.45) is 0. The quantitative estimate of drug-likeness (QED) is 0.277. The molecule has 0 unspecified atom stereocenters. The lowest BCUT2D eigenvalue weighted by Crippen LogP contribution is -2.22. The van der Waals surface area contributed by atoms with Gasteiger partial charge in [0.1, 0.15) is 11.1 Å². The third-order valence-corrected chi connectivity index (χ3v) is 7.18. The molecule has 0 aliphatic rings. The summed E-state index contributed by atoms with van der Waals surface area (Å²) in [5, 5.41) is 13.6. The van der Waals surface area contributed by atoms with Gasteiger partial charge in [0.2, 0.25) is 5.91 Å². The van der Waals surface area contributed by atoms with Gasteiger partial charge in [-0.3, -0.25) is 4.79 Å². The number of anilines is 1. The van der Waals surface area contributed by atoms with Crippen LogP contribution in [0.25, 0.3) is 22.4 Å². The molecule has 1 amide bonds. The molecule has 174 valence electrons. The Labute approximate surface area is 215 Å². The summed E-state index contributed by atoms with van der Waals surface area (Å²) in [7, 11) is 0. The Morgan fingerprint density at radius 2 is 1.69 bits per heavy atom. The molecule has 0 bridgehead atoms. The Bertz CT molecular complexity index is 1430. The van der Waals surface area contributed by atoms with Gasteiger partial charge < -0.3 is 5.32 Å². The minimum absolute atomic E-state index is 0.159. The van der Waals surface area contributed by atoms with E-state index in [0.29, 0.717) is 26.9 Å². The van der Waals surface area contributed by atoms with Crippen LogP contribution in [-0.4, -0.2) is 16.1 Å². The van der Waals surface area contributed by atoms with Crippen molar-refractivity contribution in [2.45, 2.75) is 31.0 Å². The number of thioether (sulfide) groups is 1. The number of nitrogens with zero attached hydrogens (tertiary/aromatic N) is 2. The summed E-state index contributed by atoms with van der Waals surface area (Å²) in [4.78, 5) is 17.8. The van der Waals surface area contributed by atoms with E-state index in [2.05, 4.69) is 11.4 Å². The Morgan fingerprint density at radius 3 is 2.37 bits per heavy atom. The lowest BCUT2D eigenvalue weighted by molar-refractivity contribution is -0.115. The van der Waals surface area contributed by atoms with E-state index in [0.717, 1.165) is 27.9 Å². The van der Waals surface area contributed by atoms with Crippen LogP contribution in [0.2, 0.25) is 5.02 Å². The number of benzene rings is 3. The fourth-order valence-corrected chi connectivity index (χ4v) is 4.81. The number of carbonyl (C=O) groups excluding carboxylic acids is 1. The molecule has 4 nitrogen and oxygen atoms in total. The molecule has 1 aromatic heterocycles. The predicted octanol–water partition coefficient (Wildman–Crippen LogP) is 7.68. The van der Waals surface area contributed by atoms with E-state index in [-0.39, 0.29) is 5.91 Å². The van der Waals surface area contributed by atoms with Crippen molar-refractivity contribution in [3.05, 3.63) is 101 Å². The van der Waals surface area contributed by atoms with Crippen molar-refractivity contribution in [2.24, 2.45) is 0 Å². The van der Waals surface area contributed by atoms with Crippen LogP contribution in [0.4, 0.5) is 5.69 Å². The summed E-state index contributed by atoms with van der Waals surface area (Å²) < 4.78 is 0. The van der Waals surface area contributed by atoms with Crippen LogP contribution >= 0.6 is 23.4 Å². The largest absolute Gasteiger partial charge is 0.325 e. The van der Waals surface area contributed by atoms with Gasteiger partial charge in [-0.15, -0.1) is 0 Å². The summed E-state index contributed by atoms with van der Waals surface area (Å²) in [6, 6.07) is 27.2. The first-order chi connectivity index (χ1) is 16.9. The third-order valence-electron chi connectivity index (χ3n) is 5.76. The number of hydrogen-bond donors (Lipinski definition) is 1. The molecule has 1 atom stereocenters. The molecule has 4 rings (SSSR count). The molecule has 0 saturated carbocycles. The van der Waals surface area contributed by atoms with Crippen molar-refractivity contribution < 1.29 is 4.79 Å². The van der Waals surface area contributed by atoms with Gasteiger partial charge >= 0.3 is 0 Å². The molecular formula is C29H24ClN3OS. The van der Waals surface area contributed by atoms with Crippen LogP contribution in [-0.2, 0) is 4.79 Å². The number of nitriles is 1. The summed E-state index contributed by atoms with van der Waals surface area (Å²) in [6.45, 7) is 5.86. The number of aryl methyl sites for hydroxylation is 2. The number of nitrogens with one attached hydrogen (secondary N) is 1. The highest BCUT2D eigenvalue weighted by Gasteiger charge is 2.22. The fourth-order valence-electron chi connectivity index (χ4n) is 3.65. The maximum Gasteiger partial charge on any atom is 0.237 e. The van der Waals surface area contributed by atoms with E-state index in [1.54, 1.807) is 6.07 Å². The second kappa shape index (κ2) is 10.8. The van der Waals surface area contributed by atoms with Crippen molar-refractivity contribution in [1.29, 1.82) is 5.26 Å². The van der Waals surface area contributed by atoms with Gasteiger partial charge in [0.05, 0.1) is 16.5 Å². The highest BCUT2D eigenvalue weighted by Crippen LogP contribution is 2.38. The molecule has 6 heteroatoms. The second-order valence-corrected chi connectivity index (χ2v) is 9.98. The summed E-state index contributed by atoms with van der Waals surface area (Å²) in [5.74, 6) is -0.159.